The second-order valence-corrected chi connectivity index (χ2v) is 5.84. The van der Waals surface area contributed by atoms with Crippen LogP contribution in [0.4, 0.5) is 10.8 Å². The minimum atomic E-state index is 0.238. The molecule has 96 valence electrons. The van der Waals surface area contributed by atoms with Gasteiger partial charge in [0.15, 0.2) is 15.4 Å². The third kappa shape index (κ3) is 2.74. The summed E-state index contributed by atoms with van der Waals surface area (Å²) in [6, 6.07) is 7.11. The van der Waals surface area contributed by atoms with Gasteiger partial charge in [-0.15, -0.1) is 10.2 Å². The maximum absolute atomic E-state index is 5.94. The van der Waals surface area contributed by atoms with Crippen molar-refractivity contribution in [1.82, 2.24) is 15.2 Å². The lowest BCUT2D eigenvalue weighted by Gasteiger charge is -2.03. The summed E-state index contributed by atoms with van der Waals surface area (Å²) >= 11 is 19.1. The molecule has 0 bridgehead atoms. The number of aromatic nitrogens is 3. The highest BCUT2D eigenvalue weighted by atomic mass is 35.5. The fraction of sp³-hybridized carbons (Fsp3) is 0. The van der Waals surface area contributed by atoms with E-state index in [0.29, 0.717) is 15.8 Å². The predicted molar refractivity (Wildman–Crippen MR) is 80.0 cm³/mol. The van der Waals surface area contributed by atoms with Crippen LogP contribution in [0, 0.1) is 0 Å². The van der Waals surface area contributed by atoms with Crippen LogP contribution in [0.3, 0.4) is 0 Å². The molecule has 0 saturated carbocycles. The molecular formula is C11H5Cl3N4S. The van der Waals surface area contributed by atoms with E-state index in [4.69, 9.17) is 34.8 Å². The Bertz CT molecular complexity index is 759. The Labute approximate surface area is 127 Å². The number of halogens is 3. The minimum Gasteiger partial charge on any atom is -0.329 e. The Morgan fingerprint density at radius 1 is 1.05 bits per heavy atom. The van der Waals surface area contributed by atoms with Crippen molar-refractivity contribution in [2.45, 2.75) is 0 Å². The summed E-state index contributed by atoms with van der Waals surface area (Å²) in [4.78, 5) is 4.42. The molecule has 0 fully saturated rings. The third-order valence-corrected chi connectivity index (χ3v) is 3.94. The molecule has 4 nitrogen and oxygen atoms in total. The zero-order valence-electron chi connectivity index (χ0n) is 9.19. The molecule has 8 heteroatoms. The number of hydrogen-bond donors (Lipinski definition) is 1. The molecule has 3 aromatic rings. The van der Waals surface area contributed by atoms with Gasteiger partial charge in [-0.25, -0.2) is 4.98 Å². The number of nitrogens with one attached hydrogen (secondary N) is 1. The molecule has 2 heterocycles. The van der Waals surface area contributed by atoms with E-state index >= 15 is 0 Å². The van der Waals surface area contributed by atoms with Gasteiger partial charge in [0.1, 0.15) is 0 Å². The molecule has 0 aliphatic rings. The lowest BCUT2D eigenvalue weighted by molar-refractivity contribution is 1.03. The van der Waals surface area contributed by atoms with Crippen LogP contribution in [-0.2, 0) is 0 Å². The first-order chi connectivity index (χ1) is 9.11. The second kappa shape index (κ2) is 5.09. The van der Waals surface area contributed by atoms with Gasteiger partial charge in [0.2, 0.25) is 0 Å². The van der Waals surface area contributed by atoms with Crippen LogP contribution in [0.2, 0.25) is 15.3 Å². The second-order valence-electron chi connectivity index (χ2n) is 3.63. The average molecular weight is 332 g/mol. The molecule has 0 radical (unpaired) electrons. The van der Waals surface area contributed by atoms with E-state index in [0.717, 1.165) is 10.2 Å². The fourth-order valence-corrected chi connectivity index (χ4v) is 2.95. The fourth-order valence-electron chi connectivity index (χ4n) is 1.51. The van der Waals surface area contributed by atoms with Crippen LogP contribution in [0.15, 0.2) is 24.3 Å². The first kappa shape index (κ1) is 12.9. The van der Waals surface area contributed by atoms with Gasteiger partial charge in [-0.3, -0.25) is 0 Å². The van der Waals surface area contributed by atoms with Crippen molar-refractivity contribution in [2.24, 2.45) is 0 Å². The van der Waals surface area contributed by atoms with Crippen molar-refractivity contribution in [2.75, 3.05) is 5.32 Å². The number of anilines is 2. The van der Waals surface area contributed by atoms with E-state index in [9.17, 15) is 0 Å². The first-order valence-corrected chi connectivity index (χ1v) is 7.09. The van der Waals surface area contributed by atoms with Gasteiger partial charge in [-0.05, 0) is 18.2 Å². The van der Waals surface area contributed by atoms with E-state index < -0.39 is 0 Å². The van der Waals surface area contributed by atoms with Crippen molar-refractivity contribution in [1.29, 1.82) is 0 Å². The van der Waals surface area contributed by atoms with Crippen molar-refractivity contribution in [3.05, 3.63) is 39.6 Å². The van der Waals surface area contributed by atoms with Crippen LogP contribution in [0.5, 0.6) is 0 Å². The summed E-state index contributed by atoms with van der Waals surface area (Å²) in [5.41, 5.74) is 1.42. The number of benzene rings is 1. The Kier molecular flexibility index (Phi) is 3.45. The van der Waals surface area contributed by atoms with Crippen LogP contribution >= 0.6 is 46.1 Å². The van der Waals surface area contributed by atoms with E-state index in [2.05, 4.69) is 20.5 Å². The molecule has 1 aromatic carbocycles. The molecule has 0 spiro atoms. The minimum absolute atomic E-state index is 0.238. The largest absolute Gasteiger partial charge is 0.329 e. The monoisotopic (exact) mass is 330 g/mol. The first-order valence-electron chi connectivity index (χ1n) is 5.14. The van der Waals surface area contributed by atoms with Gasteiger partial charge in [0.25, 0.3) is 0 Å². The molecule has 3 rings (SSSR count). The summed E-state index contributed by atoms with van der Waals surface area (Å²) in [7, 11) is 0. The lowest BCUT2D eigenvalue weighted by atomic mass is 10.3. The molecule has 0 unspecified atom stereocenters. The quantitative estimate of drug-likeness (QED) is 0.733. The standard InChI is InChI=1S/C11H5Cl3N4S/c12-5-1-2-6-8(3-5)19-11(15-6)16-7-4-9(13)17-18-10(7)14/h1-4H,(H,15,16,17). The molecule has 19 heavy (non-hydrogen) atoms. The van der Waals surface area contributed by atoms with E-state index in [1.807, 2.05) is 12.1 Å². The molecule has 0 atom stereocenters. The maximum atomic E-state index is 5.94. The number of nitrogens with zero attached hydrogens (tertiary/aromatic N) is 3. The zero-order valence-corrected chi connectivity index (χ0v) is 12.3. The normalized spacial score (nSPS) is 10.9. The Morgan fingerprint density at radius 2 is 1.89 bits per heavy atom. The van der Waals surface area contributed by atoms with Crippen LogP contribution in [-0.4, -0.2) is 15.2 Å². The SMILES string of the molecule is Clc1ccc2nc(Nc3cc(Cl)nnc3Cl)sc2c1. The van der Waals surface area contributed by atoms with Crippen LogP contribution < -0.4 is 5.32 Å². The number of hydrogen-bond acceptors (Lipinski definition) is 5. The van der Waals surface area contributed by atoms with E-state index in [1.54, 1.807) is 12.1 Å². The Hall–Kier alpha value is -1.14. The van der Waals surface area contributed by atoms with Gasteiger partial charge in [-0.1, -0.05) is 46.1 Å². The van der Waals surface area contributed by atoms with Crippen LogP contribution in [0.25, 0.3) is 10.2 Å². The van der Waals surface area contributed by atoms with Gasteiger partial charge in [0.05, 0.1) is 15.9 Å². The maximum Gasteiger partial charge on any atom is 0.188 e. The van der Waals surface area contributed by atoms with Crippen molar-refractivity contribution < 1.29 is 0 Å². The number of thiazole rings is 1. The van der Waals surface area contributed by atoms with Crippen LogP contribution in [0.1, 0.15) is 0 Å². The zero-order chi connectivity index (χ0) is 13.4. The smallest absolute Gasteiger partial charge is 0.188 e. The molecule has 0 aliphatic heterocycles. The third-order valence-electron chi connectivity index (χ3n) is 2.31. The van der Waals surface area contributed by atoms with Gasteiger partial charge in [-0.2, -0.15) is 0 Å². The van der Waals surface area contributed by atoms with Crippen molar-refractivity contribution >= 4 is 67.2 Å². The van der Waals surface area contributed by atoms with Gasteiger partial charge >= 0.3 is 0 Å². The Morgan fingerprint density at radius 3 is 2.74 bits per heavy atom. The summed E-state index contributed by atoms with van der Waals surface area (Å²) < 4.78 is 0.985. The molecule has 0 aliphatic carbocycles. The highest BCUT2D eigenvalue weighted by Crippen LogP contribution is 2.32. The summed E-state index contributed by atoms with van der Waals surface area (Å²) in [5, 5.41) is 12.3. The highest BCUT2D eigenvalue weighted by Gasteiger charge is 2.08. The van der Waals surface area contributed by atoms with Gasteiger partial charge in [0, 0.05) is 11.1 Å². The summed E-state index contributed by atoms with van der Waals surface area (Å²) in [6.45, 7) is 0. The van der Waals surface area contributed by atoms with Crippen molar-refractivity contribution in [3.63, 3.8) is 0 Å². The Balaban J connectivity index is 1.98. The lowest BCUT2D eigenvalue weighted by Crippen LogP contribution is -1.94. The summed E-state index contributed by atoms with van der Waals surface area (Å²) in [5.74, 6) is 0. The molecule has 1 N–H and O–H groups in total. The topological polar surface area (TPSA) is 50.7 Å². The predicted octanol–water partition coefficient (Wildman–Crippen LogP) is 4.79. The highest BCUT2D eigenvalue weighted by molar-refractivity contribution is 7.22. The molecule has 0 amide bonds. The molecule has 0 saturated heterocycles. The molecule has 2 aromatic heterocycles. The van der Waals surface area contributed by atoms with Crippen molar-refractivity contribution in [3.8, 4) is 0 Å². The summed E-state index contributed by atoms with van der Waals surface area (Å²) in [6.07, 6.45) is 0. The van der Waals surface area contributed by atoms with Gasteiger partial charge < -0.3 is 5.32 Å². The number of fused-ring (bicyclic) bond motifs is 1. The molecular weight excluding hydrogens is 327 g/mol. The average Bonchev–Trinajstić information content (AvgIpc) is 2.75. The number of rotatable bonds is 2. The van der Waals surface area contributed by atoms with E-state index in [-0.39, 0.29) is 10.3 Å². The van der Waals surface area contributed by atoms with E-state index in [1.165, 1.54) is 11.3 Å².